The van der Waals surface area contributed by atoms with E-state index >= 15 is 0 Å². The summed E-state index contributed by atoms with van der Waals surface area (Å²) in [6.45, 7) is 2.81. The Bertz CT molecular complexity index is 992. The molecule has 8 heteroatoms. The van der Waals surface area contributed by atoms with Gasteiger partial charge in [-0.2, -0.15) is 0 Å². The third-order valence-electron chi connectivity index (χ3n) is 3.93. The molecule has 0 aliphatic rings. The highest BCUT2D eigenvalue weighted by atomic mass is 79.9. The topological polar surface area (TPSA) is 115 Å². The van der Waals surface area contributed by atoms with Crippen LogP contribution in [0.4, 0.5) is 17.2 Å². The number of aliphatic imine (C=N–C) groups is 1. The van der Waals surface area contributed by atoms with Crippen molar-refractivity contribution in [2.45, 2.75) is 19.8 Å². The Hall–Kier alpha value is -2.87. The number of nitrogen functional groups attached to an aromatic ring is 1. The highest BCUT2D eigenvalue weighted by Crippen LogP contribution is 2.33. The molecule has 1 aromatic carbocycles. The van der Waals surface area contributed by atoms with Crippen LogP contribution in [-0.2, 0) is 0 Å². The Kier molecular flexibility index (Phi) is 6.08. The number of rotatable bonds is 6. The monoisotopic (exact) mass is 425 g/mol. The molecule has 2 heterocycles. The predicted molar refractivity (Wildman–Crippen MR) is 113 cm³/mol. The minimum Gasteiger partial charge on any atom is -0.382 e. The zero-order valence-electron chi connectivity index (χ0n) is 14.9. The van der Waals surface area contributed by atoms with Crippen LogP contribution in [0.25, 0.3) is 10.8 Å². The maximum Gasteiger partial charge on any atom is 0.151 e. The number of nitrogens with two attached hydrogens (primary N) is 2. The fraction of sp³-hybridized carbons (Fsp3) is 0.211. The van der Waals surface area contributed by atoms with Crippen molar-refractivity contribution in [3.63, 3.8) is 0 Å². The van der Waals surface area contributed by atoms with E-state index < -0.39 is 0 Å². The maximum atomic E-state index is 5.99. The maximum absolute atomic E-state index is 5.99. The minimum atomic E-state index is 0.321. The summed E-state index contributed by atoms with van der Waals surface area (Å²) in [5.41, 5.74) is 13.7. The number of anilines is 1. The number of unbranched alkanes of at least 4 members (excludes halogenated alkanes) is 1. The third-order valence-corrected chi connectivity index (χ3v) is 4.42. The van der Waals surface area contributed by atoms with Gasteiger partial charge in [0.2, 0.25) is 0 Å². The number of halogens is 1. The number of hydrogen-bond acceptors (Lipinski definition) is 6. The molecule has 138 valence electrons. The summed E-state index contributed by atoms with van der Waals surface area (Å²) < 4.78 is 0.931. The number of azo groups is 1. The molecule has 7 nitrogen and oxygen atoms in total. The van der Waals surface area contributed by atoms with Crippen LogP contribution in [0.3, 0.4) is 0 Å². The van der Waals surface area contributed by atoms with Crippen LogP contribution in [0.1, 0.15) is 25.5 Å². The van der Waals surface area contributed by atoms with Crippen molar-refractivity contribution >= 4 is 49.7 Å². The molecule has 0 saturated heterocycles. The Balaban J connectivity index is 1.85. The third kappa shape index (κ3) is 4.65. The second kappa shape index (κ2) is 8.68. The second-order valence-electron chi connectivity index (χ2n) is 5.95. The van der Waals surface area contributed by atoms with Gasteiger partial charge in [0.15, 0.2) is 5.82 Å². The molecular weight excluding hydrogens is 406 g/mol. The van der Waals surface area contributed by atoms with Crippen LogP contribution < -0.4 is 11.5 Å². The van der Waals surface area contributed by atoms with E-state index in [-0.39, 0.29) is 0 Å². The lowest BCUT2D eigenvalue weighted by Crippen LogP contribution is -2.15. The molecular formula is C19H20BrN7. The number of aromatic nitrogens is 2. The number of benzene rings is 1. The lowest BCUT2D eigenvalue weighted by atomic mass is 10.1. The first kappa shape index (κ1) is 18.9. The van der Waals surface area contributed by atoms with Crippen LogP contribution in [0.5, 0.6) is 0 Å². The zero-order chi connectivity index (χ0) is 19.2. The molecule has 2 aromatic heterocycles. The summed E-state index contributed by atoms with van der Waals surface area (Å²) in [5.74, 6) is 0.750. The SMILES string of the molecule is CCCCN=C(N)c1ccc(N=Nc2c(N)ncc3ccc(Br)cc23)cn1. The summed E-state index contributed by atoms with van der Waals surface area (Å²) in [6, 6.07) is 9.40. The minimum absolute atomic E-state index is 0.321. The standard InChI is InChI=1S/C19H20BrN7/c1-2-3-8-23-18(21)16-7-6-14(11-24-16)26-27-17-15-9-13(20)5-4-12(15)10-25-19(17)22/h4-7,9-11H,2-3,8H2,1H3,(H2,21,23)(H2,22,25). The Morgan fingerprint density at radius 3 is 2.70 bits per heavy atom. The van der Waals surface area contributed by atoms with Crippen molar-refractivity contribution in [2.75, 3.05) is 12.3 Å². The quantitative estimate of drug-likeness (QED) is 0.253. The first-order chi connectivity index (χ1) is 13.1. The number of pyridine rings is 2. The number of fused-ring (bicyclic) bond motifs is 1. The van der Waals surface area contributed by atoms with Crippen LogP contribution in [0, 0.1) is 0 Å². The molecule has 0 radical (unpaired) electrons. The molecule has 3 aromatic rings. The van der Waals surface area contributed by atoms with Gasteiger partial charge in [-0.15, -0.1) is 10.2 Å². The van der Waals surface area contributed by atoms with Gasteiger partial charge >= 0.3 is 0 Å². The van der Waals surface area contributed by atoms with Gasteiger partial charge in [0.05, 0.1) is 6.20 Å². The molecule has 0 bridgehead atoms. The summed E-state index contributed by atoms with van der Waals surface area (Å²) in [7, 11) is 0. The molecule has 0 saturated carbocycles. The average molecular weight is 426 g/mol. The van der Waals surface area contributed by atoms with Crippen molar-refractivity contribution in [2.24, 2.45) is 21.0 Å². The van der Waals surface area contributed by atoms with Crippen molar-refractivity contribution < 1.29 is 0 Å². The van der Waals surface area contributed by atoms with E-state index in [0.29, 0.717) is 35.3 Å². The fourth-order valence-corrected chi connectivity index (χ4v) is 2.79. The first-order valence-corrected chi connectivity index (χ1v) is 9.39. The first-order valence-electron chi connectivity index (χ1n) is 8.60. The molecule has 27 heavy (non-hydrogen) atoms. The molecule has 0 unspecified atom stereocenters. The summed E-state index contributed by atoms with van der Waals surface area (Å²) in [6.07, 6.45) is 5.40. The van der Waals surface area contributed by atoms with Crippen molar-refractivity contribution in [3.8, 4) is 0 Å². The van der Waals surface area contributed by atoms with Crippen LogP contribution in [-0.4, -0.2) is 22.3 Å². The lowest BCUT2D eigenvalue weighted by Gasteiger charge is -2.04. The Morgan fingerprint density at radius 2 is 1.96 bits per heavy atom. The van der Waals surface area contributed by atoms with Gasteiger partial charge in [0.1, 0.15) is 22.9 Å². The van der Waals surface area contributed by atoms with Crippen molar-refractivity contribution in [3.05, 3.63) is 52.9 Å². The van der Waals surface area contributed by atoms with Gasteiger partial charge in [-0.3, -0.25) is 9.98 Å². The van der Waals surface area contributed by atoms with Gasteiger partial charge < -0.3 is 11.5 Å². The molecule has 0 aliphatic carbocycles. The van der Waals surface area contributed by atoms with Crippen molar-refractivity contribution in [1.82, 2.24) is 9.97 Å². The van der Waals surface area contributed by atoms with E-state index in [9.17, 15) is 0 Å². The molecule has 0 aliphatic heterocycles. The molecule has 0 spiro atoms. The Labute approximate surface area is 165 Å². The number of amidine groups is 1. The smallest absolute Gasteiger partial charge is 0.151 e. The molecule has 0 fully saturated rings. The molecule has 3 rings (SSSR count). The lowest BCUT2D eigenvalue weighted by molar-refractivity contribution is 0.807. The summed E-state index contributed by atoms with van der Waals surface area (Å²) in [4.78, 5) is 12.8. The van der Waals surface area contributed by atoms with Gasteiger partial charge in [0, 0.05) is 28.0 Å². The van der Waals surface area contributed by atoms with Crippen LogP contribution in [0.15, 0.2) is 62.4 Å². The molecule has 0 atom stereocenters. The predicted octanol–water partition coefficient (Wildman–Crippen LogP) is 4.90. The fourth-order valence-electron chi connectivity index (χ4n) is 2.43. The van der Waals surface area contributed by atoms with E-state index in [1.54, 1.807) is 24.5 Å². The van der Waals surface area contributed by atoms with Gasteiger partial charge in [0.25, 0.3) is 0 Å². The van der Waals surface area contributed by atoms with Gasteiger partial charge in [-0.05, 0) is 30.7 Å². The highest BCUT2D eigenvalue weighted by Gasteiger charge is 2.07. The molecule has 4 N–H and O–H groups in total. The van der Waals surface area contributed by atoms with Crippen molar-refractivity contribution in [1.29, 1.82) is 0 Å². The van der Waals surface area contributed by atoms with E-state index in [2.05, 4.69) is 48.0 Å². The largest absolute Gasteiger partial charge is 0.382 e. The van der Waals surface area contributed by atoms with E-state index in [1.807, 2.05) is 18.2 Å². The summed E-state index contributed by atoms with van der Waals surface area (Å²) >= 11 is 3.46. The second-order valence-corrected chi connectivity index (χ2v) is 6.86. The van der Waals surface area contributed by atoms with Crippen LogP contribution >= 0.6 is 15.9 Å². The van der Waals surface area contributed by atoms with Gasteiger partial charge in [-0.25, -0.2) is 4.98 Å². The zero-order valence-corrected chi connectivity index (χ0v) is 16.5. The normalized spacial score (nSPS) is 12.1. The average Bonchev–Trinajstić information content (AvgIpc) is 2.67. The van der Waals surface area contributed by atoms with Gasteiger partial charge in [-0.1, -0.05) is 35.3 Å². The number of nitrogens with zero attached hydrogens (tertiary/aromatic N) is 5. The Morgan fingerprint density at radius 1 is 1.11 bits per heavy atom. The van der Waals surface area contributed by atoms with E-state index in [1.165, 1.54) is 0 Å². The molecule has 0 amide bonds. The number of hydrogen-bond donors (Lipinski definition) is 2. The van der Waals surface area contributed by atoms with E-state index in [0.717, 1.165) is 28.1 Å². The van der Waals surface area contributed by atoms with E-state index in [4.69, 9.17) is 11.5 Å². The summed E-state index contributed by atoms with van der Waals surface area (Å²) in [5, 5.41) is 10.3. The highest BCUT2D eigenvalue weighted by molar-refractivity contribution is 9.10. The van der Waals surface area contributed by atoms with Crippen LogP contribution in [0.2, 0.25) is 0 Å².